The van der Waals surface area contributed by atoms with Crippen LogP contribution in [0.5, 0.6) is 0 Å². The normalized spacial score (nSPS) is 11.7. The number of nitrogens with one attached hydrogen (secondary N) is 3. The number of benzene rings is 3. The number of anilines is 3. The fraction of sp³-hybridized carbons (Fsp3) is 0.143. The summed E-state index contributed by atoms with van der Waals surface area (Å²) in [6.07, 6.45) is 0. The Bertz CT molecular complexity index is 1720. The summed E-state index contributed by atoms with van der Waals surface area (Å²) in [5.74, 6) is 0.724. The van der Waals surface area contributed by atoms with Crippen molar-refractivity contribution in [2.24, 2.45) is 0 Å². The number of nitrogens with zero attached hydrogens (tertiary/aromatic N) is 5. The fourth-order valence-electron chi connectivity index (χ4n) is 4.37. The third-order valence-electron chi connectivity index (χ3n) is 6.24. The van der Waals surface area contributed by atoms with Gasteiger partial charge in [0.05, 0.1) is 22.6 Å². The highest BCUT2D eigenvalue weighted by Crippen LogP contribution is 2.25. The zero-order valence-electron chi connectivity index (χ0n) is 21.8. The molecule has 0 aliphatic carbocycles. The van der Waals surface area contributed by atoms with Gasteiger partial charge >= 0.3 is 0 Å². The molecule has 2 heterocycles. The Morgan fingerprint density at radius 3 is 2.42 bits per heavy atom. The van der Waals surface area contributed by atoms with Gasteiger partial charge in [-0.25, -0.2) is 10.5 Å². The molecule has 0 bridgehead atoms. The Balaban J connectivity index is 1.55. The smallest absolute Gasteiger partial charge is 0.274 e. The Labute approximate surface area is 228 Å². The van der Waals surface area contributed by atoms with E-state index in [-0.39, 0.29) is 17.5 Å². The van der Waals surface area contributed by atoms with Gasteiger partial charge in [-0.1, -0.05) is 36.4 Å². The van der Waals surface area contributed by atoms with Crippen LogP contribution in [0, 0.1) is 6.92 Å². The number of hydrogen-bond acceptors (Lipinski definition) is 10. The number of nitrogens with two attached hydrogens (primary N) is 1. The highest BCUT2D eigenvalue weighted by atomic mass is 16.5. The van der Waals surface area contributed by atoms with Gasteiger partial charge in [0, 0.05) is 17.8 Å². The average Bonchev–Trinajstić information content (AvgIpc) is 2.95. The number of carbonyl (C=O) groups is 1. The minimum absolute atomic E-state index is 0.0936. The molecule has 0 spiro atoms. The average molecular weight is 538 g/mol. The summed E-state index contributed by atoms with van der Waals surface area (Å²) >= 11 is 0. The first-order valence-electron chi connectivity index (χ1n) is 12.5. The van der Waals surface area contributed by atoms with E-state index in [2.05, 4.69) is 25.6 Å². The van der Waals surface area contributed by atoms with Crippen LogP contribution >= 0.6 is 0 Å². The van der Waals surface area contributed by atoms with Gasteiger partial charge in [-0.3, -0.25) is 19.4 Å². The lowest BCUT2D eigenvalue weighted by Gasteiger charge is -2.20. The van der Waals surface area contributed by atoms with Gasteiger partial charge in [0.2, 0.25) is 11.9 Å². The van der Waals surface area contributed by atoms with Crippen LogP contribution in [0.1, 0.15) is 40.5 Å². The van der Waals surface area contributed by atoms with E-state index in [9.17, 15) is 9.59 Å². The van der Waals surface area contributed by atoms with Crippen molar-refractivity contribution in [3.05, 3.63) is 106 Å². The Kier molecular flexibility index (Phi) is 7.33. The van der Waals surface area contributed by atoms with Gasteiger partial charge < -0.3 is 16.4 Å². The van der Waals surface area contributed by atoms with Crippen LogP contribution in [0.25, 0.3) is 16.6 Å². The molecule has 0 aliphatic heterocycles. The topological polar surface area (TPSA) is 173 Å². The van der Waals surface area contributed by atoms with Crippen LogP contribution in [0.15, 0.2) is 77.6 Å². The number of hydroxylamine groups is 1. The zero-order chi connectivity index (χ0) is 28.2. The highest BCUT2D eigenvalue weighted by molar-refractivity contribution is 5.93. The van der Waals surface area contributed by atoms with Crippen LogP contribution in [0.3, 0.4) is 0 Å². The molecule has 3 aromatic carbocycles. The number of aromatic nitrogens is 5. The Hall–Kier alpha value is -5.36. The minimum atomic E-state index is -0.588. The number of hydrogen-bond donors (Lipinski definition) is 5. The molecule has 0 radical (unpaired) electrons. The molecular formula is C28H27N9O3. The maximum Gasteiger partial charge on any atom is 0.274 e. The maximum atomic E-state index is 14.1. The summed E-state index contributed by atoms with van der Waals surface area (Å²) in [5.41, 5.74) is 10.2. The van der Waals surface area contributed by atoms with Crippen molar-refractivity contribution in [2.45, 2.75) is 26.4 Å². The van der Waals surface area contributed by atoms with Crippen molar-refractivity contribution in [2.75, 3.05) is 16.4 Å². The lowest BCUT2D eigenvalue weighted by molar-refractivity contribution is 0.0706. The summed E-state index contributed by atoms with van der Waals surface area (Å²) in [4.78, 5) is 43.1. The number of fused-ring (bicyclic) bond motifs is 1. The number of carbonyl (C=O) groups excluding carboxylic acids is 1. The lowest BCUT2D eigenvalue weighted by Crippen LogP contribution is -2.28. The fourth-order valence-corrected chi connectivity index (χ4v) is 4.37. The summed E-state index contributed by atoms with van der Waals surface area (Å²) in [6, 6.07) is 21.0. The van der Waals surface area contributed by atoms with Gasteiger partial charge in [0.15, 0.2) is 0 Å². The second kappa shape index (κ2) is 11.2. The molecule has 0 saturated carbocycles. The molecule has 202 valence electrons. The third kappa shape index (κ3) is 5.42. The largest absolute Gasteiger partial charge is 0.380 e. The number of nitrogen functional groups attached to an aromatic ring is 1. The predicted molar refractivity (Wildman–Crippen MR) is 151 cm³/mol. The molecule has 2 aromatic heterocycles. The molecule has 12 heteroatoms. The molecule has 0 unspecified atom stereocenters. The lowest BCUT2D eigenvalue weighted by atomic mass is 10.1. The first kappa shape index (κ1) is 26.3. The molecule has 5 rings (SSSR count). The van der Waals surface area contributed by atoms with E-state index < -0.39 is 11.9 Å². The molecule has 0 aliphatic rings. The van der Waals surface area contributed by atoms with Crippen LogP contribution in [0.2, 0.25) is 0 Å². The van der Waals surface area contributed by atoms with Gasteiger partial charge in [-0.15, -0.1) is 0 Å². The van der Waals surface area contributed by atoms with E-state index in [1.165, 1.54) is 0 Å². The monoisotopic (exact) mass is 537 g/mol. The second-order valence-corrected chi connectivity index (χ2v) is 9.07. The quantitative estimate of drug-likeness (QED) is 0.146. The third-order valence-corrected chi connectivity index (χ3v) is 6.24. The molecule has 0 fully saturated rings. The number of amides is 1. The summed E-state index contributed by atoms with van der Waals surface area (Å²) in [6.45, 7) is 3.98. The molecule has 1 atom stereocenters. The van der Waals surface area contributed by atoms with Gasteiger partial charge in [-0.2, -0.15) is 15.0 Å². The van der Waals surface area contributed by atoms with Crippen LogP contribution in [-0.4, -0.2) is 35.6 Å². The van der Waals surface area contributed by atoms with E-state index in [4.69, 9.17) is 15.9 Å². The Morgan fingerprint density at radius 2 is 1.73 bits per heavy atom. The first-order valence-corrected chi connectivity index (χ1v) is 12.5. The summed E-state index contributed by atoms with van der Waals surface area (Å²) < 4.78 is 1.57. The molecule has 5 aromatic rings. The maximum absolute atomic E-state index is 14.1. The van der Waals surface area contributed by atoms with Crippen molar-refractivity contribution in [3.63, 3.8) is 0 Å². The number of rotatable bonds is 8. The summed E-state index contributed by atoms with van der Waals surface area (Å²) in [5, 5.41) is 15.8. The van der Waals surface area contributed by atoms with E-state index in [0.29, 0.717) is 46.0 Å². The molecule has 12 nitrogen and oxygen atoms in total. The van der Waals surface area contributed by atoms with E-state index in [0.717, 1.165) is 5.56 Å². The standard InChI is InChI=1S/C28H27N9O3/c1-16(31-28-33-17(2)32-27(29)35-28)24-34-22-10-6-9-21(23(22)26(39)37(24)20-7-4-3-5-8-20)30-15-18-11-13-19(14-12-18)25(38)36-40/h3-14,16,30,40H,15H2,1-2H3,(H,36,38)(H3,29,31,32,33,35)/t16-/m0/s1. The SMILES string of the molecule is Cc1nc(N)nc(N[C@@H](C)c2nc3cccc(NCc4ccc(C(=O)NO)cc4)c3c(=O)n2-c2ccccc2)n1. The predicted octanol–water partition coefficient (Wildman–Crippen LogP) is 3.37. The highest BCUT2D eigenvalue weighted by Gasteiger charge is 2.20. The molecular weight excluding hydrogens is 510 g/mol. The van der Waals surface area contributed by atoms with Crippen LogP contribution in [0.4, 0.5) is 17.6 Å². The van der Waals surface area contributed by atoms with Crippen molar-refractivity contribution < 1.29 is 10.0 Å². The molecule has 6 N–H and O–H groups in total. The Morgan fingerprint density at radius 1 is 0.975 bits per heavy atom. The number of aryl methyl sites for hydroxylation is 1. The second-order valence-electron chi connectivity index (χ2n) is 9.07. The van der Waals surface area contributed by atoms with E-state index in [1.807, 2.05) is 49.4 Å². The van der Waals surface area contributed by atoms with E-state index in [1.54, 1.807) is 47.3 Å². The van der Waals surface area contributed by atoms with Crippen molar-refractivity contribution >= 4 is 34.4 Å². The van der Waals surface area contributed by atoms with Crippen molar-refractivity contribution in [1.29, 1.82) is 0 Å². The van der Waals surface area contributed by atoms with Crippen molar-refractivity contribution in [3.8, 4) is 5.69 Å². The van der Waals surface area contributed by atoms with Gasteiger partial charge in [0.25, 0.3) is 11.5 Å². The van der Waals surface area contributed by atoms with Gasteiger partial charge in [0.1, 0.15) is 11.6 Å². The summed E-state index contributed by atoms with van der Waals surface area (Å²) in [7, 11) is 0. The molecule has 0 saturated heterocycles. The molecule has 1 amide bonds. The first-order chi connectivity index (χ1) is 19.3. The van der Waals surface area contributed by atoms with Gasteiger partial charge in [-0.05, 0) is 55.8 Å². The minimum Gasteiger partial charge on any atom is -0.380 e. The van der Waals surface area contributed by atoms with Crippen LogP contribution < -0.4 is 27.4 Å². The van der Waals surface area contributed by atoms with Crippen molar-refractivity contribution in [1.82, 2.24) is 30.0 Å². The van der Waals surface area contributed by atoms with Crippen LogP contribution in [-0.2, 0) is 6.54 Å². The molecule has 40 heavy (non-hydrogen) atoms. The number of para-hydroxylation sites is 1. The van der Waals surface area contributed by atoms with E-state index >= 15 is 0 Å². The zero-order valence-corrected chi connectivity index (χ0v) is 21.8.